The first-order valence-electron chi connectivity index (χ1n) is 6.97. The predicted octanol–water partition coefficient (Wildman–Crippen LogP) is 3.23. The Balaban J connectivity index is 1.58. The summed E-state index contributed by atoms with van der Waals surface area (Å²) in [5.74, 6) is 0.797. The van der Waals surface area contributed by atoms with Gasteiger partial charge in [0.1, 0.15) is 0 Å². The topological polar surface area (TPSA) is 15.3 Å². The first kappa shape index (κ1) is 12.3. The van der Waals surface area contributed by atoms with E-state index in [2.05, 4.69) is 35.3 Å². The maximum absolute atomic E-state index is 6.20. The minimum atomic E-state index is 0.797. The molecule has 1 atom stereocenters. The van der Waals surface area contributed by atoms with Crippen LogP contribution in [0.4, 0.5) is 5.69 Å². The molecule has 2 aliphatic rings. The summed E-state index contributed by atoms with van der Waals surface area (Å²) in [5, 5.41) is 4.52. The second kappa shape index (κ2) is 5.10. The van der Waals surface area contributed by atoms with Crippen LogP contribution in [0.1, 0.15) is 24.8 Å². The highest BCUT2D eigenvalue weighted by molar-refractivity contribution is 6.31. The van der Waals surface area contributed by atoms with E-state index in [1.165, 1.54) is 38.0 Å². The van der Waals surface area contributed by atoms with Crippen LogP contribution in [-0.4, -0.2) is 25.7 Å². The van der Waals surface area contributed by atoms with Crippen LogP contribution in [-0.2, 0) is 0 Å². The molecule has 1 saturated carbocycles. The minimum Gasteiger partial charge on any atom is -0.371 e. The zero-order valence-electron chi connectivity index (χ0n) is 11.0. The maximum Gasteiger partial charge on any atom is 0.0455 e. The zero-order valence-corrected chi connectivity index (χ0v) is 11.7. The number of hydrogen-bond acceptors (Lipinski definition) is 2. The van der Waals surface area contributed by atoms with Gasteiger partial charge in [-0.2, -0.15) is 0 Å². The van der Waals surface area contributed by atoms with Crippen molar-refractivity contribution in [2.24, 2.45) is 5.92 Å². The van der Waals surface area contributed by atoms with E-state index in [1.807, 2.05) is 0 Å². The van der Waals surface area contributed by atoms with E-state index < -0.39 is 0 Å². The third-order valence-electron chi connectivity index (χ3n) is 4.08. The van der Waals surface area contributed by atoms with Crippen molar-refractivity contribution in [1.82, 2.24) is 5.32 Å². The fourth-order valence-corrected chi connectivity index (χ4v) is 2.81. The molecule has 0 amide bonds. The maximum atomic E-state index is 6.20. The van der Waals surface area contributed by atoms with Crippen LogP contribution < -0.4 is 10.2 Å². The molecule has 1 aliphatic carbocycles. The van der Waals surface area contributed by atoms with Gasteiger partial charge in [0.2, 0.25) is 0 Å². The second-order valence-corrected chi connectivity index (χ2v) is 6.12. The van der Waals surface area contributed by atoms with Gasteiger partial charge in [0, 0.05) is 29.8 Å². The molecule has 1 aliphatic heterocycles. The van der Waals surface area contributed by atoms with Crippen LogP contribution in [0.15, 0.2) is 18.2 Å². The van der Waals surface area contributed by atoms with Gasteiger partial charge in [0.25, 0.3) is 0 Å². The zero-order chi connectivity index (χ0) is 12.5. The Morgan fingerprint density at radius 1 is 1.33 bits per heavy atom. The molecule has 0 bridgehead atoms. The monoisotopic (exact) mass is 264 g/mol. The van der Waals surface area contributed by atoms with Crippen LogP contribution in [0.2, 0.25) is 5.02 Å². The van der Waals surface area contributed by atoms with Gasteiger partial charge < -0.3 is 10.2 Å². The van der Waals surface area contributed by atoms with Crippen LogP contribution in [0.25, 0.3) is 0 Å². The fourth-order valence-electron chi connectivity index (χ4n) is 2.63. The Labute approximate surface area is 114 Å². The number of halogens is 1. The van der Waals surface area contributed by atoms with Crippen molar-refractivity contribution in [3.05, 3.63) is 28.8 Å². The molecule has 1 unspecified atom stereocenters. The van der Waals surface area contributed by atoms with Gasteiger partial charge in [0.15, 0.2) is 0 Å². The van der Waals surface area contributed by atoms with Crippen molar-refractivity contribution in [3.63, 3.8) is 0 Å². The third kappa shape index (κ3) is 2.81. The molecule has 3 heteroatoms. The van der Waals surface area contributed by atoms with E-state index >= 15 is 0 Å². The molecule has 0 spiro atoms. The Morgan fingerprint density at radius 2 is 2.17 bits per heavy atom. The highest BCUT2D eigenvalue weighted by Gasteiger charge is 2.26. The second-order valence-electron chi connectivity index (χ2n) is 5.72. The highest BCUT2D eigenvalue weighted by Crippen LogP contribution is 2.28. The predicted molar refractivity (Wildman–Crippen MR) is 77.5 cm³/mol. The van der Waals surface area contributed by atoms with Crippen LogP contribution in [0.5, 0.6) is 0 Å². The third-order valence-corrected chi connectivity index (χ3v) is 4.49. The van der Waals surface area contributed by atoms with E-state index in [0.29, 0.717) is 0 Å². The van der Waals surface area contributed by atoms with E-state index in [0.717, 1.165) is 29.1 Å². The van der Waals surface area contributed by atoms with Gasteiger partial charge in [-0.1, -0.05) is 17.7 Å². The van der Waals surface area contributed by atoms with E-state index in [1.54, 1.807) is 0 Å². The molecule has 1 aromatic carbocycles. The molecule has 0 radical (unpaired) electrons. The molecule has 0 aromatic heterocycles. The number of nitrogens with one attached hydrogen (secondary N) is 1. The number of rotatable bonds is 4. The molecule has 98 valence electrons. The molecule has 1 N–H and O–H groups in total. The SMILES string of the molecule is Cc1ccc(N2CCC(CNC3CC3)C2)cc1Cl. The van der Waals surface area contributed by atoms with Gasteiger partial charge in [-0.25, -0.2) is 0 Å². The lowest BCUT2D eigenvalue weighted by Crippen LogP contribution is -2.27. The smallest absolute Gasteiger partial charge is 0.0455 e. The average Bonchev–Trinajstić information content (AvgIpc) is 3.08. The summed E-state index contributed by atoms with van der Waals surface area (Å²) in [6.07, 6.45) is 4.05. The Hall–Kier alpha value is -0.730. The summed E-state index contributed by atoms with van der Waals surface area (Å²) >= 11 is 6.20. The molecule has 1 saturated heterocycles. The molecule has 1 heterocycles. The van der Waals surface area contributed by atoms with Crippen molar-refractivity contribution >= 4 is 17.3 Å². The number of nitrogens with zero attached hydrogens (tertiary/aromatic N) is 1. The lowest BCUT2D eigenvalue weighted by Gasteiger charge is -2.19. The van der Waals surface area contributed by atoms with E-state index in [-0.39, 0.29) is 0 Å². The summed E-state index contributed by atoms with van der Waals surface area (Å²) in [7, 11) is 0. The van der Waals surface area contributed by atoms with Gasteiger partial charge in [0.05, 0.1) is 0 Å². The van der Waals surface area contributed by atoms with Gasteiger partial charge in [-0.05, 0) is 56.3 Å². The largest absolute Gasteiger partial charge is 0.371 e. The Bertz CT molecular complexity index is 429. The molecule has 1 aromatic rings. The molecule has 18 heavy (non-hydrogen) atoms. The van der Waals surface area contributed by atoms with Crippen LogP contribution >= 0.6 is 11.6 Å². The summed E-state index contributed by atoms with van der Waals surface area (Å²) in [6, 6.07) is 7.24. The number of benzene rings is 1. The first-order valence-corrected chi connectivity index (χ1v) is 7.34. The summed E-state index contributed by atoms with van der Waals surface area (Å²) in [6.45, 7) is 5.56. The van der Waals surface area contributed by atoms with Crippen LogP contribution in [0.3, 0.4) is 0 Å². The fraction of sp³-hybridized carbons (Fsp3) is 0.600. The van der Waals surface area contributed by atoms with Crippen molar-refractivity contribution < 1.29 is 0 Å². The lowest BCUT2D eigenvalue weighted by atomic mass is 10.1. The molecular weight excluding hydrogens is 244 g/mol. The van der Waals surface area contributed by atoms with Crippen molar-refractivity contribution in [1.29, 1.82) is 0 Å². The van der Waals surface area contributed by atoms with Gasteiger partial charge >= 0.3 is 0 Å². The standard InChI is InChI=1S/C15H21ClN2/c1-11-2-5-14(8-15(11)16)18-7-6-12(10-18)9-17-13-3-4-13/h2,5,8,12-13,17H,3-4,6-7,9-10H2,1H3. The normalized spacial score (nSPS) is 23.7. The van der Waals surface area contributed by atoms with Crippen molar-refractivity contribution in [3.8, 4) is 0 Å². The van der Waals surface area contributed by atoms with E-state index in [9.17, 15) is 0 Å². The summed E-state index contributed by atoms with van der Waals surface area (Å²) in [4.78, 5) is 2.46. The van der Waals surface area contributed by atoms with Gasteiger partial charge in [-0.15, -0.1) is 0 Å². The quantitative estimate of drug-likeness (QED) is 0.898. The summed E-state index contributed by atoms with van der Waals surface area (Å²) < 4.78 is 0. The summed E-state index contributed by atoms with van der Waals surface area (Å²) in [5.41, 5.74) is 2.44. The molecular formula is C15H21ClN2. The van der Waals surface area contributed by atoms with Crippen molar-refractivity contribution in [2.75, 3.05) is 24.5 Å². The molecule has 2 nitrogen and oxygen atoms in total. The van der Waals surface area contributed by atoms with Gasteiger partial charge in [-0.3, -0.25) is 0 Å². The minimum absolute atomic E-state index is 0.797. The van der Waals surface area contributed by atoms with Crippen molar-refractivity contribution in [2.45, 2.75) is 32.2 Å². The average molecular weight is 265 g/mol. The number of aryl methyl sites for hydroxylation is 1. The number of anilines is 1. The van der Waals surface area contributed by atoms with Crippen LogP contribution in [0, 0.1) is 12.8 Å². The Kier molecular flexibility index (Phi) is 3.49. The van der Waals surface area contributed by atoms with E-state index in [4.69, 9.17) is 11.6 Å². The lowest BCUT2D eigenvalue weighted by molar-refractivity contribution is 0.515. The molecule has 3 rings (SSSR count). The number of hydrogen-bond donors (Lipinski definition) is 1. The molecule has 2 fully saturated rings. The highest BCUT2D eigenvalue weighted by atomic mass is 35.5. The Morgan fingerprint density at radius 3 is 2.89 bits per heavy atom. The first-order chi connectivity index (χ1) is 8.72.